The van der Waals surface area contributed by atoms with Gasteiger partial charge in [-0.2, -0.15) is 0 Å². The first kappa shape index (κ1) is 18.0. The van der Waals surface area contributed by atoms with Gasteiger partial charge >= 0.3 is 0 Å². The Labute approximate surface area is 166 Å². The summed E-state index contributed by atoms with van der Waals surface area (Å²) in [5.74, 6) is 1.28. The van der Waals surface area contributed by atoms with Crippen LogP contribution >= 0.6 is 0 Å². The molecule has 0 saturated carbocycles. The molecule has 6 rings (SSSR count). The van der Waals surface area contributed by atoms with E-state index in [9.17, 15) is 14.7 Å². The molecule has 5 saturated heterocycles. The lowest BCUT2D eigenvalue weighted by Crippen LogP contribution is -2.61. The summed E-state index contributed by atoms with van der Waals surface area (Å²) in [6.07, 6.45) is 4.81. The molecule has 2 bridgehead atoms. The predicted octanol–water partition coefficient (Wildman–Crippen LogP) is 1.79. The molecular formula is C22H29N3O3. The van der Waals surface area contributed by atoms with Crippen LogP contribution in [0.2, 0.25) is 0 Å². The predicted molar refractivity (Wildman–Crippen MR) is 105 cm³/mol. The number of amides is 2. The van der Waals surface area contributed by atoms with Gasteiger partial charge in [-0.15, -0.1) is 0 Å². The number of carbonyl (C=O) groups is 2. The zero-order valence-electron chi connectivity index (χ0n) is 16.3. The van der Waals surface area contributed by atoms with Gasteiger partial charge in [0.05, 0.1) is 12.6 Å². The minimum atomic E-state index is 0.0988. The third-order valence-electron chi connectivity index (χ3n) is 7.36. The lowest BCUT2D eigenvalue weighted by atomic mass is 9.75. The highest BCUT2D eigenvalue weighted by molar-refractivity contribution is 5.85. The van der Waals surface area contributed by atoms with Crippen molar-refractivity contribution in [1.82, 2.24) is 14.7 Å². The third-order valence-corrected chi connectivity index (χ3v) is 7.36. The molecule has 5 aliphatic rings. The molecule has 6 heteroatoms. The van der Waals surface area contributed by atoms with Crippen LogP contribution in [0.1, 0.15) is 43.6 Å². The molecule has 150 valence electrons. The molecule has 1 aromatic rings. The Hall–Kier alpha value is -2.08. The second kappa shape index (κ2) is 7.07. The van der Waals surface area contributed by atoms with E-state index in [2.05, 4.69) is 15.9 Å². The van der Waals surface area contributed by atoms with Crippen molar-refractivity contribution >= 4 is 11.8 Å². The quantitative estimate of drug-likeness (QED) is 0.864. The number of nitrogens with zero attached hydrogens (tertiary/aromatic N) is 3. The number of hydrogen-bond donors (Lipinski definition) is 1. The van der Waals surface area contributed by atoms with Crippen molar-refractivity contribution in [2.24, 2.45) is 5.92 Å². The average molecular weight is 383 g/mol. The normalized spacial score (nSPS) is 34.6. The molecule has 0 aromatic heterocycles. The van der Waals surface area contributed by atoms with Gasteiger partial charge in [-0.3, -0.25) is 14.5 Å². The maximum absolute atomic E-state index is 13.3. The van der Waals surface area contributed by atoms with Crippen LogP contribution in [0.25, 0.3) is 0 Å². The molecule has 3 atom stereocenters. The molecule has 5 aliphatic heterocycles. The van der Waals surface area contributed by atoms with Gasteiger partial charge in [-0.05, 0) is 62.4 Å². The third kappa shape index (κ3) is 2.98. The average Bonchev–Trinajstić information content (AvgIpc) is 3.14. The number of fused-ring (bicyclic) bond motifs is 2. The minimum absolute atomic E-state index is 0.0988. The van der Waals surface area contributed by atoms with Crippen molar-refractivity contribution in [3.8, 4) is 5.75 Å². The first-order chi connectivity index (χ1) is 13.6. The zero-order valence-corrected chi connectivity index (χ0v) is 16.3. The smallest absolute Gasteiger partial charge is 0.242 e. The topological polar surface area (TPSA) is 64.1 Å². The van der Waals surface area contributed by atoms with E-state index in [0.29, 0.717) is 31.5 Å². The molecule has 5 fully saturated rings. The van der Waals surface area contributed by atoms with Gasteiger partial charge in [0.25, 0.3) is 0 Å². The number of phenols is 1. The summed E-state index contributed by atoms with van der Waals surface area (Å²) in [6, 6.07) is 8.10. The number of benzene rings is 1. The first-order valence-corrected chi connectivity index (χ1v) is 10.7. The molecule has 28 heavy (non-hydrogen) atoms. The van der Waals surface area contributed by atoms with Gasteiger partial charge in [0, 0.05) is 31.5 Å². The maximum atomic E-state index is 13.3. The Bertz CT molecular complexity index is 774. The molecule has 2 amide bonds. The lowest BCUT2D eigenvalue weighted by molar-refractivity contribution is -0.144. The zero-order chi connectivity index (χ0) is 19.3. The van der Waals surface area contributed by atoms with Crippen LogP contribution in [0.15, 0.2) is 24.3 Å². The number of rotatable bonds is 3. The van der Waals surface area contributed by atoms with E-state index in [-0.39, 0.29) is 36.1 Å². The summed E-state index contributed by atoms with van der Waals surface area (Å²) < 4.78 is 0. The number of phenolic OH excluding ortho intramolecular Hbond substituents is 1. The Morgan fingerprint density at radius 2 is 1.93 bits per heavy atom. The first-order valence-electron chi connectivity index (χ1n) is 10.7. The number of aromatic hydroxyl groups is 1. The molecule has 0 spiro atoms. The van der Waals surface area contributed by atoms with Crippen molar-refractivity contribution < 1.29 is 14.7 Å². The highest BCUT2D eigenvalue weighted by Crippen LogP contribution is 2.46. The number of piperidine rings is 4. The van der Waals surface area contributed by atoms with E-state index in [0.717, 1.165) is 44.3 Å². The number of carbonyl (C=O) groups excluding carboxylic acids is 2. The van der Waals surface area contributed by atoms with Crippen LogP contribution in [-0.4, -0.2) is 76.4 Å². The maximum Gasteiger partial charge on any atom is 0.242 e. The largest absolute Gasteiger partial charge is 0.508 e. The van der Waals surface area contributed by atoms with Crippen molar-refractivity contribution in [1.29, 1.82) is 0 Å². The van der Waals surface area contributed by atoms with Crippen LogP contribution < -0.4 is 0 Å². The van der Waals surface area contributed by atoms with Crippen molar-refractivity contribution in [2.45, 2.75) is 50.1 Å². The molecule has 0 radical (unpaired) electrons. The summed E-state index contributed by atoms with van der Waals surface area (Å²) in [5.41, 5.74) is 1.12. The van der Waals surface area contributed by atoms with E-state index in [1.807, 2.05) is 12.1 Å². The van der Waals surface area contributed by atoms with Gasteiger partial charge in [0.2, 0.25) is 11.8 Å². The fraction of sp³-hybridized carbons (Fsp3) is 0.636. The standard InChI is InChI=1S/C22H29N3O3/c26-17-5-3-4-16(12-17)18-13-25(20(28)14-24-9-2-1-6-19(24)27)21-15-7-10-23(11-8-15)22(18)21/h3-5,12,15,18,21-22,26H,1-2,6-11,13-14H2/t18-,21+,22+/m0/s1. The highest BCUT2D eigenvalue weighted by atomic mass is 16.3. The van der Waals surface area contributed by atoms with Crippen molar-refractivity contribution in [2.75, 3.05) is 32.7 Å². The van der Waals surface area contributed by atoms with Crippen LogP contribution in [0.4, 0.5) is 0 Å². The summed E-state index contributed by atoms with van der Waals surface area (Å²) in [5, 5.41) is 9.98. The van der Waals surface area contributed by atoms with Crippen molar-refractivity contribution in [3.63, 3.8) is 0 Å². The van der Waals surface area contributed by atoms with E-state index in [1.165, 1.54) is 0 Å². The molecule has 0 aliphatic carbocycles. The fourth-order valence-corrected chi connectivity index (χ4v) is 6.04. The van der Waals surface area contributed by atoms with E-state index in [1.54, 1.807) is 11.0 Å². The second-order valence-corrected chi connectivity index (χ2v) is 8.87. The monoisotopic (exact) mass is 383 g/mol. The summed E-state index contributed by atoms with van der Waals surface area (Å²) in [6.45, 7) is 3.83. The Morgan fingerprint density at radius 3 is 2.68 bits per heavy atom. The number of hydrogen-bond acceptors (Lipinski definition) is 4. The molecule has 5 heterocycles. The molecule has 1 N–H and O–H groups in total. The van der Waals surface area contributed by atoms with Crippen LogP contribution in [0, 0.1) is 5.92 Å². The summed E-state index contributed by atoms with van der Waals surface area (Å²) >= 11 is 0. The van der Waals surface area contributed by atoms with Crippen LogP contribution in [-0.2, 0) is 9.59 Å². The van der Waals surface area contributed by atoms with Gasteiger partial charge in [0.1, 0.15) is 5.75 Å². The molecule has 1 aromatic carbocycles. The van der Waals surface area contributed by atoms with Crippen LogP contribution in [0.3, 0.4) is 0 Å². The van der Waals surface area contributed by atoms with Gasteiger partial charge < -0.3 is 14.9 Å². The van der Waals surface area contributed by atoms with E-state index in [4.69, 9.17) is 0 Å². The molecular weight excluding hydrogens is 354 g/mol. The minimum Gasteiger partial charge on any atom is -0.508 e. The lowest BCUT2D eigenvalue weighted by Gasteiger charge is -2.51. The Morgan fingerprint density at radius 1 is 1.11 bits per heavy atom. The summed E-state index contributed by atoms with van der Waals surface area (Å²) in [7, 11) is 0. The number of likely N-dealkylation sites (tertiary alicyclic amines) is 2. The van der Waals surface area contributed by atoms with E-state index >= 15 is 0 Å². The Balaban J connectivity index is 1.41. The van der Waals surface area contributed by atoms with Crippen molar-refractivity contribution in [3.05, 3.63) is 29.8 Å². The molecule has 0 unspecified atom stereocenters. The van der Waals surface area contributed by atoms with Crippen LogP contribution in [0.5, 0.6) is 5.75 Å². The molecule has 6 nitrogen and oxygen atoms in total. The van der Waals surface area contributed by atoms with Gasteiger partial charge in [-0.1, -0.05) is 12.1 Å². The SMILES string of the molecule is O=C1CCCCN1CC(=O)N1C[C@@H](c2cccc(O)c2)[C@@H]2[C@H]1C1CCN2CC1. The Kier molecular flexibility index (Phi) is 4.54. The van der Waals surface area contributed by atoms with Gasteiger partial charge in [0.15, 0.2) is 0 Å². The van der Waals surface area contributed by atoms with E-state index < -0.39 is 0 Å². The highest BCUT2D eigenvalue weighted by Gasteiger charge is 2.54. The summed E-state index contributed by atoms with van der Waals surface area (Å²) in [4.78, 5) is 31.9. The van der Waals surface area contributed by atoms with Gasteiger partial charge in [-0.25, -0.2) is 0 Å². The second-order valence-electron chi connectivity index (χ2n) is 8.87. The fourth-order valence-electron chi connectivity index (χ4n) is 6.04.